The van der Waals surface area contributed by atoms with Crippen molar-refractivity contribution in [3.8, 4) is 0 Å². The monoisotopic (exact) mass is 239 g/mol. The summed E-state index contributed by atoms with van der Waals surface area (Å²) in [7, 11) is 0. The van der Waals surface area contributed by atoms with Gasteiger partial charge in [-0.3, -0.25) is 0 Å². The van der Waals surface area contributed by atoms with Gasteiger partial charge in [0.25, 0.3) is 0 Å². The number of hydrogen-bond donors (Lipinski definition) is 3. The minimum Gasteiger partial charge on any atom is -0.337 e. The first-order chi connectivity index (χ1) is 8.09. The van der Waals surface area contributed by atoms with Crippen molar-refractivity contribution in [1.82, 2.24) is 10.6 Å². The molecule has 0 bridgehead atoms. The Labute approximate surface area is 101 Å². The van der Waals surface area contributed by atoms with Gasteiger partial charge in [-0.1, -0.05) is 26.0 Å². The summed E-state index contributed by atoms with van der Waals surface area (Å²) >= 11 is 0. The van der Waals surface area contributed by atoms with E-state index in [1.807, 2.05) is 13.8 Å². The highest BCUT2D eigenvalue weighted by molar-refractivity contribution is 5.89. The van der Waals surface area contributed by atoms with E-state index in [-0.39, 0.29) is 5.69 Å². The predicted molar refractivity (Wildman–Crippen MR) is 66.6 cm³/mol. The van der Waals surface area contributed by atoms with Crippen LogP contribution in [0.25, 0.3) is 0 Å². The second kappa shape index (κ2) is 6.85. The van der Waals surface area contributed by atoms with E-state index < -0.39 is 11.8 Å². The Balaban J connectivity index is 2.28. The van der Waals surface area contributed by atoms with Crippen LogP contribution < -0.4 is 16.0 Å². The van der Waals surface area contributed by atoms with Crippen LogP contribution in [0.5, 0.6) is 0 Å². The molecule has 17 heavy (non-hydrogen) atoms. The summed E-state index contributed by atoms with van der Waals surface area (Å²) in [5.41, 5.74) is 0.182. The zero-order valence-electron chi connectivity index (χ0n) is 10.1. The van der Waals surface area contributed by atoms with Crippen molar-refractivity contribution in [2.24, 2.45) is 0 Å². The molecule has 0 aliphatic heterocycles. The Morgan fingerprint density at radius 1 is 1.29 bits per heavy atom. The number of amides is 2. The molecule has 0 heterocycles. The lowest BCUT2D eigenvalue weighted by molar-refractivity contribution is 0.252. The van der Waals surface area contributed by atoms with Crippen molar-refractivity contribution < 1.29 is 9.18 Å². The summed E-state index contributed by atoms with van der Waals surface area (Å²) in [5, 5.41) is 8.24. The van der Waals surface area contributed by atoms with Crippen molar-refractivity contribution >= 4 is 11.7 Å². The SMILES string of the molecule is CC(C)NCCNC(=O)Nc1ccccc1F. The highest BCUT2D eigenvalue weighted by Crippen LogP contribution is 2.11. The molecule has 0 aromatic heterocycles. The van der Waals surface area contributed by atoms with Crippen LogP contribution in [0, 0.1) is 5.82 Å². The zero-order valence-corrected chi connectivity index (χ0v) is 10.1. The molecular weight excluding hydrogens is 221 g/mol. The van der Waals surface area contributed by atoms with Gasteiger partial charge in [0.15, 0.2) is 0 Å². The number of hydrogen-bond acceptors (Lipinski definition) is 2. The molecular formula is C12H18FN3O. The van der Waals surface area contributed by atoms with Gasteiger partial charge in [0.2, 0.25) is 0 Å². The summed E-state index contributed by atoms with van der Waals surface area (Å²) in [6.07, 6.45) is 0. The number of carbonyl (C=O) groups is 1. The van der Waals surface area contributed by atoms with E-state index in [9.17, 15) is 9.18 Å². The number of para-hydroxylation sites is 1. The molecule has 0 unspecified atom stereocenters. The summed E-state index contributed by atoms with van der Waals surface area (Å²) < 4.78 is 13.2. The first kappa shape index (κ1) is 13.4. The third-order valence-electron chi connectivity index (χ3n) is 2.09. The van der Waals surface area contributed by atoms with Gasteiger partial charge in [-0.05, 0) is 12.1 Å². The number of urea groups is 1. The highest BCUT2D eigenvalue weighted by Gasteiger charge is 2.04. The van der Waals surface area contributed by atoms with E-state index in [1.165, 1.54) is 12.1 Å². The first-order valence-electron chi connectivity index (χ1n) is 5.62. The van der Waals surface area contributed by atoms with Crippen molar-refractivity contribution in [2.75, 3.05) is 18.4 Å². The highest BCUT2D eigenvalue weighted by atomic mass is 19.1. The molecule has 0 atom stereocenters. The quantitative estimate of drug-likeness (QED) is 0.688. The van der Waals surface area contributed by atoms with Crippen molar-refractivity contribution in [2.45, 2.75) is 19.9 Å². The first-order valence-corrected chi connectivity index (χ1v) is 5.62. The molecule has 4 nitrogen and oxygen atoms in total. The molecule has 0 saturated carbocycles. The lowest BCUT2D eigenvalue weighted by Crippen LogP contribution is -2.36. The summed E-state index contributed by atoms with van der Waals surface area (Å²) in [5.74, 6) is -0.442. The normalized spacial score (nSPS) is 10.4. The summed E-state index contributed by atoms with van der Waals surface area (Å²) in [4.78, 5) is 11.4. The number of halogens is 1. The zero-order chi connectivity index (χ0) is 12.7. The molecule has 0 saturated heterocycles. The molecule has 0 radical (unpaired) electrons. The van der Waals surface area contributed by atoms with Crippen molar-refractivity contribution in [3.63, 3.8) is 0 Å². The second-order valence-corrected chi connectivity index (χ2v) is 3.97. The van der Waals surface area contributed by atoms with Gasteiger partial charge in [-0.25, -0.2) is 9.18 Å². The van der Waals surface area contributed by atoms with E-state index >= 15 is 0 Å². The molecule has 0 aliphatic rings. The molecule has 1 rings (SSSR count). The fourth-order valence-corrected chi connectivity index (χ4v) is 1.27. The largest absolute Gasteiger partial charge is 0.337 e. The summed E-state index contributed by atoms with van der Waals surface area (Å²) in [6, 6.07) is 6.04. The molecule has 2 amide bonds. The van der Waals surface area contributed by atoms with Crippen LogP contribution in [0.2, 0.25) is 0 Å². The molecule has 94 valence electrons. The number of nitrogens with one attached hydrogen (secondary N) is 3. The van der Waals surface area contributed by atoms with Crippen LogP contribution in [0.15, 0.2) is 24.3 Å². The molecule has 0 spiro atoms. The summed E-state index contributed by atoms with van der Waals surface area (Å²) in [6.45, 7) is 5.24. The van der Waals surface area contributed by atoms with Crippen molar-refractivity contribution in [3.05, 3.63) is 30.1 Å². The smallest absolute Gasteiger partial charge is 0.319 e. The maximum Gasteiger partial charge on any atom is 0.319 e. The van der Waals surface area contributed by atoms with Crippen LogP contribution in [0.1, 0.15) is 13.8 Å². The Bertz CT molecular complexity index is 369. The number of anilines is 1. The molecule has 5 heteroatoms. The maximum atomic E-state index is 13.2. The molecule has 0 aliphatic carbocycles. The Morgan fingerprint density at radius 3 is 2.65 bits per heavy atom. The van der Waals surface area contributed by atoms with Crippen LogP contribution in [0.3, 0.4) is 0 Å². The Hall–Kier alpha value is -1.62. The van der Waals surface area contributed by atoms with E-state index in [4.69, 9.17) is 0 Å². The van der Waals surface area contributed by atoms with Crippen LogP contribution in [-0.2, 0) is 0 Å². The van der Waals surface area contributed by atoms with Gasteiger partial charge in [0.1, 0.15) is 5.82 Å². The maximum absolute atomic E-state index is 13.2. The average Bonchev–Trinajstić information content (AvgIpc) is 2.27. The molecule has 0 fully saturated rings. The van der Waals surface area contributed by atoms with E-state index in [0.29, 0.717) is 19.1 Å². The van der Waals surface area contributed by atoms with Gasteiger partial charge >= 0.3 is 6.03 Å². The van der Waals surface area contributed by atoms with Crippen LogP contribution in [-0.4, -0.2) is 25.2 Å². The van der Waals surface area contributed by atoms with Crippen LogP contribution >= 0.6 is 0 Å². The van der Waals surface area contributed by atoms with Gasteiger partial charge in [0.05, 0.1) is 5.69 Å². The number of carbonyl (C=O) groups excluding carboxylic acids is 1. The minimum atomic E-state index is -0.442. The lowest BCUT2D eigenvalue weighted by Gasteiger charge is -2.10. The molecule has 1 aromatic carbocycles. The second-order valence-electron chi connectivity index (χ2n) is 3.97. The fourth-order valence-electron chi connectivity index (χ4n) is 1.27. The fraction of sp³-hybridized carbons (Fsp3) is 0.417. The third kappa shape index (κ3) is 5.31. The van der Waals surface area contributed by atoms with Gasteiger partial charge in [0, 0.05) is 19.1 Å². The van der Waals surface area contributed by atoms with E-state index in [2.05, 4.69) is 16.0 Å². The molecule has 3 N–H and O–H groups in total. The van der Waals surface area contributed by atoms with Gasteiger partial charge in [-0.15, -0.1) is 0 Å². The number of benzene rings is 1. The molecule has 1 aromatic rings. The number of rotatable bonds is 5. The topological polar surface area (TPSA) is 53.2 Å². The lowest BCUT2D eigenvalue weighted by atomic mass is 10.3. The predicted octanol–water partition coefficient (Wildman–Crippen LogP) is 1.95. The van der Waals surface area contributed by atoms with Gasteiger partial charge < -0.3 is 16.0 Å². The van der Waals surface area contributed by atoms with Crippen LogP contribution in [0.4, 0.5) is 14.9 Å². The van der Waals surface area contributed by atoms with Crippen molar-refractivity contribution in [1.29, 1.82) is 0 Å². The average molecular weight is 239 g/mol. The standard InChI is InChI=1S/C12H18FN3O/c1-9(2)14-7-8-15-12(17)16-11-6-4-3-5-10(11)13/h3-6,9,14H,7-8H2,1-2H3,(H2,15,16,17). The minimum absolute atomic E-state index is 0.182. The van der Waals surface area contributed by atoms with E-state index in [1.54, 1.807) is 12.1 Å². The third-order valence-corrected chi connectivity index (χ3v) is 2.09. The Morgan fingerprint density at radius 2 is 2.00 bits per heavy atom. The van der Waals surface area contributed by atoms with E-state index in [0.717, 1.165) is 0 Å². The van der Waals surface area contributed by atoms with Gasteiger partial charge in [-0.2, -0.15) is 0 Å². The Kier molecular flexibility index (Phi) is 5.42.